The smallest absolute Gasteiger partial charge is 0.277 e. The summed E-state index contributed by atoms with van der Waals surface area (Å²) in [4.78, 5) is 37.3. The number of aromatic amines is 1. The van der Waals surface area contributed by atoms with Gasteiger partial charge in [-0.25, -0.2) is 9.97 Å². The summed E-state index contributed by atoms with van der Waals surface area (Å²) in [5.74, 6) is 1.19. The molecular weight excluding hydrogens is 306 g/mol. The Morgan fingerprint density at radius 3 is 2.92 bits per heavy atom. The number of hydrogen-bond acceptors (Lipinski definition) is 5. The molecule has 7 nitrogen and oxygen atoms in total. The summed E-state index contributed by atoms with van der Waals surface area (Å²) in [6, 6.07) is 3.79. The number of anilines is 1. The number of nitrogens with zero attached hydrogens (tertiary/aromatic N) is 3. The summed E-state index contributed by atoms with van der Waals surface area (Å²) in [7, 11) is 0. The van der Waals surface area contributed by atoms with Crippen LogP contribution in [0.2, 0.25) is 0 Å². The number of fused-ring (bicyclic) bond motifs is 1. The topological polar surface area (TPSA) is 91.0 Å². The van der Waals surface area contributed by atoms with E-state index in [1.165, 1.54) is 19.2 Å². The van der Waals surface area contributed by atoms with Crippen molar-refractivity contribution in [1.82, 2.24) is 19.9 Å². The van der Waals surface area contributed by atoms with Gasteiger partial charge in [0, 0.05) is 25.0 Å². The van der Waals surface area contributed by atoms with Crippen LogP contribution in [0.4, 0.5) is 5.82 Å². The average molecular weight is 327 g/mol. The van der Waals surface area contributed by atoms with Crippen LogP contribution in [0.15, 0.2) is 23.3 Å². The van der Waals surface area contributed by atoms with E-state index in [4.69, 9.17) is 0 Å². The van der Waals surface area contributed by atoms with Gasteiger partial charge >= 0.3 is 0 Å². The van der Waals surface area contributed by atoms with Crippen LogP contribution in [0.25, 0.3) is 11.0 Å². The molecule has 4 rings (SSSR count). The van der Waals surface area contributed by atoms with Crippen LogP contribution in [0.1, 0.15) is 32.1 Å². The largest absolute Gasteiger partial charge is 0.365 e. The summed E-state index contributed by atoms with van der Waals surface area (Å²) in [5.41, 5.74) is 0.668. The Hall–Kier alpha value is -2.44. The highest BCUT2D eigenvalue weighted by molar-refractivity contribution is 5.79. The molecule has 1 unspecified atom stereocenters. The van der Waals surface area contributed by atoms with Crippen LogP contribution in [-0.2, 0) is 4.79 Å². The van der Waals surface area contributed by atoms with Crippen molar-refractivity contribution < 1.29 is 4.79 Å². The van der Waals surface area contributed by atoms with Gasteiger partial charge in [-0.05, 0) is 31.4 Å². The summed E-state index contributed by atoms with van der Waals surface area (Å²) >= 11 is 0. The molecule has 1 saturated heterocycles. The van der Waals surface area contributed by atoms with E-state index in [2.05, 4.69) is 20.3 Å². The van der Waals surface area contributed by atoms with Gasteiger partial charge in [-0.2, -0.15) is 0 Å². The third-order valence-corrected chi connectivity index (χ3v) is 5.04. The maximum atomic E-state index is 12.5. The normalized spacial score (nSPS) is 21.5. The van der Waals surface area contributed by atoms with Crippen LogP contribution >= 0.6 is 0 Å². The van der Waals surface area contributed by atoms with E-state index in [1.807, 2.05) is 11.0 Å². The van der Waals surface area contributed by atoms with Crippen LogP contribution in [-0.4, -0.2) is 44.9 Å². The van der Waals surface area contributed by atoms with Crippen LogP contribution < -0.4 is 10.9 Å². The lowest BCUT2D eigenvalue weighted by atomic mass is 10.1. The molecule has 1 saturated carbocycles. The number of pyridine rings is 1. The maximum Gasteiger partial charge on any atom is 0.277 e. The Kier molecular flexibility index (Phi) is 3.92. The Morgan fingerprint density at radius 2 is 2.08 bits per heavy atom. The molecule has 0 radical (unpaired) electrons. The predicted molar refractivity (Wildman–Crippen MR) is 90.7 cm³/mol. The fourth-order valence-electron chi connectivity index (χ4n) is 3.75. The average Bonchev–Trinajstić information content (AvgIpc) is 3.27. The molecule has 2 aromatic rings. The quantitative estimate of drug-likeness (QED) is 0.892. The lowest BCUT2D eigenvalue weighted by molar-refractivity contribution is -0.134. The molecule has 0 aromatic carbocycles. The van der Waals surface area contributed by atoms with E-state index in [0.29, 0.717) is 29.3 Å². The SMILES string of the molecule is O=C(C1CCCC1)N1CCC(Nc2ccc3nc[nH]c(=O)c3n2)C1. The van der Waals surface area contributed by atoms with Gasteiger partial charge in [0.15, 0.2) is 5.52 Å². The molecule has 1 aliphatic carbocycles. The zero-order valence-electron chi connectivity index (χ0n) is 13.5. The van der Waals surface area contributed by atoms with E-state index in [-0.39, 0.29) is 17.5 Å². The Labute approximate surface area is 139 Å². The molecule has 24 heavy (non-hydrogen) atoms. The van der Waals surface area contributed by atoms with Gasteiger partial charge in [0.2, 0.25) is 5.91 Å². The molecule has 2 N–H and O–H groups in total. The zero-order chi connectivity index (χ0) is 16.5. The summed E-state index contributed by atoms with van der Waals surface area (Å²) in [6.07, 6.45) is 6.71. The first-order valence-electron chi connectivity index (χ1n) is 8.60. The second kappa shape index (κ2) is 6.22. The number of carbonyl (C=O) groups excluding carboxylic acids is 1. The number of rotatable bonds is 3. The third kappa shape index (κ3) is 2.86. The van der Waals surface area contributed by atoms with E-state index in [1.54, 1.807) is 6.07 Å². The Balaban J connectivity index is 1.44. The van der Waals surface area contributed by atoms with E-state index < -0.39 is 0 Å². The molecule has 0 spiro atoms. The number of nitrogens with one attached hydrogen (secondary N) is 2. The highest BCUT2D eigenvalue weighted by Crippen LogP contribution is 2.28. The maximum absolute atomic E-state index is 12.5. The van der Waals surface area contributed by atoms with Crippen molar-refractivity contribution >= 4 is 22.8 Å². The molecular formula is C17H21N5O2. The van der Waals surface area contributed by atoms with Crippen molar-refractivity contribution in [2.45, 2.75) is 38.1 Å². The highest BCUT2D eigenvalue weighted by Gasteiger charge is 2.32. The molecule has 3 heterocycles. The summed E-state index contributed by atoms with van der Waals surface area (Å²) < 4.78 is 0. The van der Waals surface area contributed by atoms with E-state index in [0.717, 1.165) is 25.8 Å². The van der Waals surface area contributed by atoms with Crippen LogP contribution in [0, 0.1) is 5.92 Å². The molecule has 1 atom stereocenters. The Morgan fingerprint density at radius 1 is 1.25 bits per heavy atom. The first kappa shape index (κ1) is 15.1. The van der Waals surface area contributed by atoms with Crippen LogP contribution in [0.5, 0.6) is 0 Å². The van der Waals surface area contributed by atoms with E-state index >= 15 is 0 Å². The molecule has 1 amide bonds. The van der Waals surface area contributed by atoms with Crippen molar-refractivity contribution in [3.8, 4) is 0 Å². The number of amides is 1. The number of aromatic nitrogens is 3. The number of H-pyrrole nitrogens is 1. The molecule has 2 aromatic heterocycles. The first-order chi connectivity index (χ1) is 11.7. The Bertz CT molecular complexity index is 812. The highest BCUT2D eigenvalue weighted by atomic mass is 16.2. The molecule has 2 fully saturated rings. The van der Waals surface area contributed by atoms with E-state index in [9.17, 15) is 9.59 Å². The molecule has 1 aliphatic heterocycles. The minimum atomic E-state index is -0.242. The van der Waals surface area contributed by atoms with Gasteiger partial charge in [-0.1, -0.05) is 12.8 Å². The lowest BCUT2D eigenvalue weighted by Crippen LogP contribution is -2.35. The fraction of sp³-hybridized carbons (Fsp3) is 0.529. The monoisotopic (exact) mass is 327 g/mol. The lowest BCUT2D eigenvalue weighted by Gasteiger charge is -2.20. The van der Waals surface area contributed by atoms with Crippen molar-refractivity contribution in [1.29, 1.82) is 0 Å². The standard InChI is InChI=1S/C17H21N5O2/c23-16-15-13(18-10-19-16)5-6-14(21-15)20-12-7-8-22(9-12)17(24)11-3-1-2-4-11/h5-6,10-12H,1-4,7-9H2,(H,20,21)(H,18,19,23). The van der Waals surface area contributed by atoms with Gasteiger partial charge in [-0.3, -0.25) is 9.59 Å². The van der Waals surface area contributed by atoms with Crippen molar-refractivity contribution in [2.24, 2.45) is 5.92 Å². The van der Waals surface area contributed by atoms with Gasteiger partial charge in [-0.15, -0.1) is 0 Å². The van der Waals surface area contributed by atoms with Crippen LogP contribution in [0.3, 0.4) is 0 Å². The van der Waals surface area contributed by atoms with Crippen molar-refractivity contribution in [2.75, 3.05) is 18.4 Å². The van der Waals surface area contributed by atoms with Gasteiger partial charge in [0.25, 0.3) is 5.56 Å². The predicted octanol–water partition coefficient (Wildman–Crippen LogP) is 1.52. The molecule has 2 aliphatic rings. The summed E-state index contributed by atoms with van der Waals surface area (Å²) in [6.45, 7) is 1.50. The number of hydrogen-bond donors (Lipinski definition) is 2. The number of carbonyl (C=O) groups is 1. The number of likely N-dealkylation sites (tertiary alicyclic amines) is 1. The molecule has 0 bridgehead atoms. The zero-order valence-corrected chi connectivity index (χ0v) is 13.5. The fourth-order valence-corrected chi connectivity index (χ4v) is 3.75. The minimum Gasteiger partial charge on any atom is -0.365 e. The first-order valence-corrected chi connectivity index (χ1v) is 8.60. The van der Waals surface area contributed by atoms with Gasteiger partial charge in [0.1, 0.15) is 5.82 Å². The third-order valence-electron chi connectivity index (χ3n) is 5.04. The second-order valence-electron chi connectivity index (χ2n) is 6.69. The molecule has 7 heteroatoms. The van der Waals surface area contributed by atoms with Crippen molar-refractivity contribution in [3.63, 3.8) is 0 Å². The minimum absolute atomic E-state index is 0.177. The second-order valence-corrected chi connectivity index (χ2v) is 6.69. The van der Waals surface area contributed by atoms with Gasteiger partial charge < -0.3 is 15.2 Å². The van der Waals surface area contributed by atoms with Gasteiger partial charge in [0.05, 0.1) is 11.8 Å². The summed E-state index contributed by atoms with van der Waals surface area (Å²) in [5, 5.41) is 3.35. The molecule has 126 valence electrons. The van der Waals surface area contributed by atoms with Crippen molar-refractivity contribution in [3.05, 3.63) is 28.8 Å².